The molecule has 0 unspecified atom stereocenters. The fourth-order valence-corrected chi connectivity index (χ4v) is 3.77. The van der Waals surface area contributed by atoms with Crippen molar-refractivity contribution < 1.29 is 9.59 Å². The van der Waals surface area contributed by atoms with Crippen molar-refractivity contribution in [1.29, 1.82) is 0 Å². The van der Waals surface area contributed by atoms with Crippen LogP contribution in [0.4, 0.5) is 10.5 Å². The third-order valence-corrected chi connectivity index (χ3v) is 5.30. The summed E-state index contributed by atoms with van der Waals surface area (Å²) in [6, 6.07) is 13.5. The van der Waals surface area contributed by atoms with Gasteiger partial charge in [-0.2, -0.15) is 0 Å². The zero-order valence-corrected chi connectivity index (χ0v) is 15.8. The van der Waals surface area contributed by atoms with Crippen molar-refractivity contribution in [2.75, 3.05) is 25.0 Å². The molecule has 2 aromatic rings. The number of amides is 3. The van der Waals surface area contributed by atoms with E-state index in [0.29, 0.717) is 6.54 Å². The van der Waals surface area contributed by atoms with E-state index in [2.05, 4.69) is 20.5 Å². The zero-order chi connectivity index (χ0) is 19.3. The zero-order valence-electron chi connectivity index (χ0n) is 15.8. The number of piperidine rings is 1. The SMILES string of the molecule is O=C1CN(C(=O)NC2CCN(Cc3ccccn3)CC2)Cc2ccccc2N1. The maximum Gasteiger partial charge on any atom is 0.318 e. The summed E-state index contributed by atoms with van der Waals surface area (Å²) < 4.78 is 0. The van der Waals surface area contributed by atoms with Crippen LogP contribution < -0.4 is 10.6 Å². The number of hydrogen-bond donors (Lipinski definition) is 2. The van der Waals surface area contributed by atoms with Crippen molar-refractivity contribution in [3.63, 3.8) is 0 Å². The predicted octanol–water partition coefficient (Wildman–Crippen LogP) is 2.21. The van der Waals surface area contributed by atoms with Crippen LogP contribution >= 0.6 is 0 Å². The Hall–Kier alpha value is -2.93. The fourth-order valence-electron chi connectivity index (χ4n) is 3.77. The molecule has 0 aliphatic carbocycles. The van der Waals surface area contributed by atoms with Gasteiger partial charge in [-0.15, -0.1) is 0 Å². The minimum atomic E-state index is -0.171. The maximum absolute atomic E-state index is 12.8. The van der Waals surface area contributed by atoms with E-state index in [1.807, 2.05) is 48.7 Å². The van der Waals surface area contributed by atoms with Crippen LogP contribution in [0.3, 0.4) is 0 Å². The Bertz CT molecular complexity index is 834. The first-order valence-electron chi connectivity index (χ1n) is 9.73. The number of anilines is 1. The number of aromatic nitrogens is 1. The molecule has 4 rings (SSSR count). The first kappa shape index (κ1) is 18.4. The Kier molecular flexibility index (Phi) is 5.53. The minimum absolute atomic E-state index is 0.0685. The fraction of sp³-hybridized carbons (Fsp3) is 0.381. The molecule has 1 aromatic carbocycles. The molecule has 0 saturated carbocycles. The van der Waals surface area contributed by atoms with E-state index < -0.39 is 0 Å². The number of nitrogens with zero attached hydrogens (tertiary/aromatic N) is 3. The third-order valence-electron chi connectivity index (χ3n) is 5.30. The van der Waals surface area contributed by atoms with Gasteiger partial charge in [0.15, 0.2) is 0 Å². The Labute approximate surface area is 164 Å². The second-order valence-electron chi connectivity index (χ2n) is 7.38. The number of urea groups is 1. The summed E-state index contributed by atoms with van der Waals surface area (Å²) in [6.45, 7) is 3.18. The molecule has 0 spiro atoms. The van der Waals surface area contributed by atoms with Crippen molar-refractivity contribution in [1.82, 2.24) is 20.1 Å². The highest BCUT2D eigenvalue weighted by Crippen LogP contribution is 2.20. The van der Waals surface area contributed by atoms with Crippen LogP contribution in [0.15, 0.2) is 48.7 Å². The van der Waals surface area contributed by atoms with E-state index in [9.17, 15) is 9.59 Å². The number of pyridine rings is 1. The second-order valence-corrected chi connectivity index (χ2v) is 7.38. The van der Waals surface area contributed by atoms with Crippen LogP contribution in [-0.2, 0) is 17.9 Å². The molecule has 1 fully saturated rings. The van der Waals surface area contributed by atoms with Gasteiger partial charge in [0, 0.05) is 37.6 Å². The van der Waals surface area contributed by atoms with E-state index in [1.165, 1.54) is 0 Å². The number of carbonyl (C=O) groups excluding carboxylic acids is 2. The van der Waals surface area contributed by atoms with Crippen molar-refractivity contribution in [2.45, 2.75) is 32.0 Å². The Morgan fingerprint density at radius 2 is 1.89 bits per heavy atom. The molecule has 28 heavy (non-hydrogen) atoms. The lowest BCUT2D eigenvalue weighted by atomic mass is 10.0. The Morgan fingerprint density at radius 1 is 1.11 bits per heavy atom. The molecule has 0 radical (unpaired) electrons. The summed E-state index contributed by atoms with van der Waals surface area (Å²) in [5, 5.41) is 5.98. The highest BCUT2D eigenvalue weighted by atomic mass is 16.2. The molecule has 3 heterocycles. The third kappa shape index (κ3) is 4.48. The topological polar surface area (TPSA) is 77.6 Å². The van der Waals surface area contributed by atoms with Crippen molar-refractivity contribution in [3.05, 3.63) is 59.9 Å². The van der Waals surface area contributed by atoms with Crippen LogP contribution in [0.1, 0.15) is 24.1 Å². The van der Waals surface area contributed by atoms with E-state index in [0.717, 1.165) is 49.4 Å². The normalized spacial score (nSPS) is 18.1. The molecule has 2 aliphatic rings. The largest absolute Gasteiger partial charge is 0.335 e. The minimum Gasteiger partial charge on any atom is -0.335 e. The molecule has 7 heteroatoms. The van der Waals surface area contributed by atoms with Gasteiger partial charge in [0.25, 0.3) is 0 Å². The molecule has 7 nitrogen and oxygen atoms in total. The van der Waals surface area contributed by atoms with Gasteiger partial charge >= 0.3 is 6.03 Å². The molecule has 146 valence electrons. The molecule has 0 atom stereocenters. The van der Waals surface area contributed by atoms with Crippen LogP contribution in [0.5, 0.6) is 0 Å². The lowest BCUT2D eigenvalue weighted by molar-refractivity contribution is -0.116. The lowest BCUT2D eigenvalue weighted by Crippen LogP contribution is -2.49. The highest BCUT2D eigenvalue weighted by Gasteiger charge is 2.26. The van der Waals surface area contributed by atoms with Crippen LogP contribution in [0, 0.1) is 0 Å². The smallest absolute Gasteiger partial charge is 0.318 e. The van der Waals surface area contributed by atoms with E-state index >= 15 is 0 Å². The van der Waals surface area contributed by atoms with Gasteiger partial charge in [-0.1, -0.05) is 24.3 Å². The number of benzene rings is 1. The molecule has 3 amide bonds. The number of nitrogens with one attached hydrogen (secondary N) is 2. The van der Waals surface area contributed by atoms with Crippen LogP contribution in [-0.4, -0.2) is 52.4 Å². The van der Waals surface area contributed by atoms with Crippen LogP contribution in [0.2, 0.25) is 0 Å². The highest BCUT2D eigenvalue weighted by molar-refractivity contribution is 5.96. The molecule has 0 bridgehead atoms. The van der Waals surface area contributed by atoms with E-state index in [-0.39, 0.29) is 24.5 Å². The number of rotatable bonds is 3. The van der Waals surface area contributed by atoms with Crippen molar-refractivity contribution >= 4 is 17.6 Å². The second kappa shape index (κ2) is 8.39. The summed E-state index contributed by atoms with van der Waals surface area (Å²) in [5.41, 5.74) is 2.80. The van der Waals surface area contributed by atoms with Gasteiger partial charge in [0.1, 0.15) is 6.54 Å². The van der Waals surface area contributed by atoms with Gasteiger partial charge in [0.05, 0.1) is 12.2 Å². The summed E-state index contributed by atoms with van der Waals surface area (Å²) in [5.74, 6) is -0.162. The summed E-state index contributed by atoms with van der Waals surface area (Å²) in [7, 11) is 0. The number of likely N-dealkylation sites (tertiary alicyclic amines) is 1. The van der Waals surface area contributed by atoms with Gasteiger partial charge < -0.3 is 15.5 Å². The van der Waals surface area contributed by atoms with E-state index in [1.54, 1.807) is 4.90 Å². The molecular weight excluding hydrogens is 354 g/mol. The predicted molar refractivity (Wildman–Crippen MR) is 107 cm³/mol. The molecule has 2 N–H and O–H groups in total. The molecule has 1 aromatic heterocycles. The average molecular weight is 379 g/mol. The number of fused-ring (bicyclic) bond motifs is 1. The van der Waals surface area contributed by atoms with Gasteiger partial charge in [-0.25, -0.2) is 4.79 Å². The van der Waals surface area contributed by atoms with E-state index in [4.69, 9.17) is 0 Å². The summed E-state index contributed by atoms with van der Waals surface area (Å²) >= 11 is 0. The summed E-state index contributed by atoms with van der Waals surface area (Å²) in [4.78, 5) is 33.2. The number of para-hydroxylation sites is 1. The quantitative estimate of drug-likeness (QED) is 0.857. The number of hydrogen-bond acceptors (Lipinski definition) is 4. The standard InChI is InChI=1S/C21H25N5O2/c27-20-15-26(13-16-5-1-2-7-19(16)24-20)21(28)23-17-8-11-25(12-9-17)14-18-6-3-4-10-22-18/h1-7,10,17H,8-9,11-15H2,(H,23,28)(H,24,27). The molecule has 1 saturated heterocycles. The van der Waals surface area contributed by atoms with Gasteiger partial charge in [-0.3, -0.25) is 14.7 Å². The molecular formula is C21H25N5O2. The monoisotopic (exact) mass is 379 g/mol. The van der Waals surface area contributed by atoms with Gasteiger partial charge in [-0.05, 0) is 36.6 Å². The van der Waals surface area contributed by atoms with Gasteiger partial charge in [0.2, 0.25) is 5.91 Å². The average Bonchev–Trinajstić information content (AvgIpc) is 2.88. The van der Waals surface area contributed by atoms with Crippen LogP contribution in [0.25, 0.3) is 0 Å². The number of carbonyl (C=O) groups is 2. The Balaban J connectivity index is 1.30. The van der Waals surface area contributed by atoms with Crippen molar-refractivity contribution in [3.8, 4) is 0 Å². The first-order valence-corrected chi connectivity index (χ1v) is 9.73. The summed E-state index contributed by atoms with van der Waals surface area (Å²) in [6.07, 6.45) is 3.61. The Morgan fingerprint density at radius 3 is 2.68 bits per heavy atom. The lowest BCUT2D eigenvalue weighted by Gasteiger charge is -2.33. The van der Waals surface area contributed by atoms with Crippen molar-refractivity contribution in [2.24, 2.45) is 0 Å². The molecule has 2 aliphatic heterocycles. The first-order chi connectivity index (χ1) is 13.7. The maximum atomic E-state index is 12.8.